The zero-order valence-electron chi connectivity index (χ0n) is 7.50. The average Bonchev–Trinajstić information content (AvgIpc) is 2.19. The molecule has 0 saturated carbocycles. The van der Waals surface area contributed by atoms with Gasteiger partial charge < -0.3 is 9.47 Å². The van der Waals surface area contributed by atoms with Gasteiger partial charge in [-0.25, -0.2) is 0 Å². The molecule has 0 amide bonds. The number of halogens is 1. The summed E-state index contributed by atoms with van der Waals surface area (Å²) in [6, 6.07) is 5.87. The van der Waals surface area contributed by atoms with Gasteiger partial charge in [0.1, 0.15) is 6.79 Å². The van der Waals surface area contributed by atoms with Crippen LogP contribution in [0.4, 0.5) is 0 Å². The van der Waals surface area contributed by atoms with Crippen molar-refractivity contribution >= 4 is 15.9 Å². The molecule has 1 rings (SSSR count). The Hall–Kier alpha value is -0.450. The highest BCUT2D eigenvalue weighted by atomic mass is 79.9. The summed E-state index contributed by atoms with van der Waals surface area (Å²) in [6.07, 6.45) is 0. The lowest BCUT2D eigenvalue weighted by Crippen LogP contribution is -2.00. The Morgan fingerprint density at radius 3 is 2.85 bits per heavy atom. The van der Waals surface area contributed by atoms with E-state index in [0.717, 1.165) is 16.7 Å². The lowest BCUT2D eigenvalue weighted by Gasteiger charge is -2.03. The van der Waals surface area contributed by atoms with E-state index in [1.165, 1.54) is 0 Å². The third kappa shape index (κ3) is 3.85. The van der Waals surface area contributed by atoms with Gasteiger partial charge in [0.25, 0.3) is 0 Å². The van der Waals surface area contributed by atoms with Gasteiger partial charge in [-0.15, -0.1) is 0 Å². The third-order valence-electron chi connectivity index (χ3n) is 1.45. The van der Waals surface area contributed by atoms with E-state index in [1.807, 2.05) is 18.2 Å². The molecule has 1 heterocycles. The van der Waals surface area contributed by atoms with Crippen LogP contribution in [0.1, 0.15) is 11.4 Å². The number of alkyl halides is 1. The first-order valence-corrected chi connectivity index (χ1v) is 5.06. The largest absolute Gasteiger partial charge is 0.359 e. The van der Waals surface area contributed by atoms with Crippen LogP contribution in [0.2, 0.25) is 0 Å². The van der Waals surface area contributed by atoms with Crippen LogP contribution in [0, 0.1) is 0 Å². The molecule has 0 aliphatic heterocycles. The molecular formula is C9H12BrNO2. The number of aromatic nitrogens is 1. The monoisotopic (exact) mass is 245 g/mol. The minimum atomic E-state index is 0.306. The maximum absolute atomic E-state index is 5.17. The second kappa shape index (κ2) is 6.07. The van der Waals surface area contributed by atoms with Gasteiger partial charge in [0.2, 0.25) is 0 Å². The molecule has 0 aliphatic rings. The fourth-order valence-corrected chi connectivity index (χ4v) is 1.23. The second-order valence-corrected chi connectivity index (χ2v) is 3.07. The fourth-order valence-electron chi connectivity index (χ4n) is 0.914. The van der Waals surface area contributed by atoms with E-state index in [-0.39, 0.29) is 0 Å². The van der Waals surface area contributed by atoms with Gasteiger partial charge >= 0.3 is 0 Å². The molecule has 0 N–H and O–H groups in total. The Labute approximate surface area is 86.2 Å². The Morgan fingerprint density at radius 1 is 1.38 bits per heavy atom. The van der Waals surface area contributed by atoms with Crippen molar-refractivity contribution < 1.29 is 9.47 Å². The minimum Gasteiger partial charge on any atom is -0.359 e. The molecule has 0 atom stereocenters. The SMILES string of the molecule is COCOCc1cccc(CBr)n1. The van der Waals surface area contributed by atoms with E-state index >= 15 is 0 Å². The van der Waals surface area contributed by atoms with E-state index in [4.69, 9.17) is 9.47 Å². The predicted octanol–water partition coefficient (Wildman–Crippen LogP) is 2.10. The quantitative estimate of drug-likeness (QED) is 0.453. The van der Waals surface area contributed by atoms with Crippen LogP contribution in [0.3, 0.4) is 0 Å². The summed E-state index contributed by atoms with van der Waals surface area (Å²) in [4.78, 5) is 4.34. The smallest absolute Gasteiger partial charge is 0.146 e. The number of hydrogen-bond donors (Lipinski definition) is 0. The molecule has 0 aliphatic carbocycles. The van der Waals surface area contributed by atoms with E-state index in [2.05, 4.69) is 20.9 Å². The summed E-state index contributed by atoms with van der Waals surface area (Å²) >= 11 is 3.35. The molecule has 0 radical (unpaired) electrons. The molecule has 1 aromatic heterocycles. The van der Waals surface area contributed by atoms with E-state index < -0.39 is 0 Å². The van der Waals surface area contributed by atoms with Gasteiger partial charge in [0.15, 0.2) is 0 Å². The van der Waals surface area contributed by atoms with Crippen molar-refractivity contribution in [3.8, 4) is 0 Å². The van der Waals surface area contributed by atoms with Crippen LogP contribution in [0.15, 0.2) is 18.2 Å². The van der Waals surface area contributed by atoms with Gasteiger partial charge in [-0.2, -0.15) is 0 Å². The second-order valence-electron chi connectivity index (χ2n) is 2.51. The van der Waals surface area contributed by atoms with Crippen LogP contribution in [0.25, 0.3) is 0 Å². The zero-order chi connectivity index (χ0) is 9.52. The first-order chi connectivity index (χ1) is 6.36. The number of rotatable bonds is 5. The Morgan fingerprint density at radius 2 is 2.15 bits per heavy atom. The van der Waals surface area contributed by atoms with Gasteiger partial charge in [-0.3, -0.25) is 4.98 Å². The van der Waals surface area contributed by atoms with Crippen LogP contribution in [0.5, 0.6) is 0 Å². The highest BCUT2D eigenvalue weighted by Crippen LogP contribution is 2.04. The van der Waals surface area contributed by atoms with Crippen LogP contribution < -0.4 is 0 Å². The zero-order valence-corrected chi connectivity index (χ0v) is 9.08. The summed E-state index contributed by atoms with van der Waals surface area (Å²) in [7, 11) is 1.60. The molecule has 4 heteroatoms. The molecule has 1 aromatic rings. The predicted molar refractivity (Wildman–Crippen MR) is 53.5 cm³/mol. The van der Waals surface area contributed by atoms with Crippen molar-refractivity contribution in [2.75, 3.05) is 13.9 Å². The minimum absolute atomic E-state index is 0.306. The molecule has 13 heavy (non-hydrogen) atoms. The maximum atomic E-state index is 5.17. The topological polar surface area (TPSA) is 31.4 Å². The van der Waals surface area contributed by atoms with Crippen molar-refractivity contribution in [2.24, 2.45) is 0 Å². The first kappa shape index (κ1) is 10.6. The number of methoxy groups -OCH3 is 1. The van der Waals surface area contributed by atoms with Crippen molar-refractivity contribution in [1.29, 1.82) is 0 Å². The first-order valence-electron chi connectivity index (χ1n) is 3.94. The Bertz CT molecular complexity index is 255. The van der Waals surface area contributed by atoms with Gasteiger partial charge in [-0.05, 0) is 12.1 Å². The highest BCUT2D eigenvalue weighted by molar-refractivity contribution is 9.08. The standard InChI is InChI=1S/C9H12BrNO2/c1-12-7-13-6-9-4-2-3-8(5-10)11-9/h2-4H,5-7H2,1H3. The molecule has 0 spiro atoms. The Kier molecular flexibility index (Phi) is 4.97. The molecule has 0 bridgehead atoms. The summed E-state index contributed by atoms with van der Waals surface area (Å²) in [5, 5.41) is 0.769. The van der Waals surface area contributed by atoms with E-state index in [1.54, 1.807) is 7.11 Å². The van der Waals surface area contributed by atoms with Crippen LogP contribution >= 0.6 is 15.9 Å². The molecule has 3 nitrogen and oxygen atoms in total. The van der Waals surface area contributed by atoms with Crippen LogP contribution in [-0.4, -0.2) is 18.9 Å². The van der Waals surface area contributed by atoms with Crippen molar-refractivity contribution in [1.82, 2.24) is 4.98 Å². The summed E-state index contributed by atoms with van der Waals surface area (Å²) in [5.74, 6) is 0. The highest BCUT2D eigenvalue weighted by Gasteiger charge is 1.96. The van der Waals surface area contributed by atoms with Crippen molar-refractivity contribution in [3.63, 3.8) is 0 Å². The normalized spacial score (nSPS) is 10.3. The number of ether oxygens (including phenoxy) is 2. The molecular weight excluding hydrogens is 234 g/mol. The summed E-state index contributed by atoms with van der Waals surface area (Å²) < 4.78 is 9.93. The van der Waals surface area contributed by atoms with Crippen LogP contribution in [-0.2, 0) is 21.4 Å². The van der Waals surface area contributed by atoms with Crippen molar-refractivity contribution in [3.05, 3.63) is 29.6 Å². The maximum Gasteiger partial charge on any atom is 0.146 e. The van der Waals surface area contributed by atoms with Crippen molar-refractivity contribution in [2.45, 2.75) is 11.9 Å². The molecule has 0 unspecified atom stereocenters. The lowest BCUT2D eigenvalue weighted by molar-refractivity contribution is -0.0401. The molecule has 72 valence electrons. The van der Waals surface area contributed by atoms with Gasteiger partial charge in [0.05, 0.1) is 18.0 Å². The van der Waals surface area contributed by atoms with E-state index in [9.17, 15) is 0 Å². The molecule has 0 aromatic carbocycles. The van der Waals surface area contributed by atoms with Gasteiger partial charge in [-0.1, -0.05) is 22.0 Å². The van der Waals surface area contributed by atoms with Gasteiger partial charge in [0, 0.05) is 12.4 Å². The summed E-state index contributed by atoms with van der Waals surface area (Å²) in [6.45, 7) is 0.800. The lowest BCUT2D eigenvalue weighted by atomic mass is 10.3. The Balaban J connectivity index is 2.46. The fraction of sp³-hybridized carbons (Fsp3) is 0.444. The van der Waals surface area contributed by atoms with E-state index in [0.29, 0.717) is 13.4 Å². The number of hydrogen-bond acceptors (Lipinski definition) is 3. The third-order valence-corrected chi connectivity index (χ3v) is 2.03. The average molecular weight is 246 g/mol. The molecule has 0 saturated heterocycles. The molecule has 0 fully saturated rings. The number of nitrogens with zero attached hydrogens (tertiary/aromatic N) is 1. The summed E-state index contributed by atoms with van der Waals surface area (Å²) in [5.41, 5.74) is 1.94. The number of pyridine rings is 1.